The summed E-state index contributed by atoms with van der Waals surface area (Å²) in [5.74, 6) is -0.930. The summed E-state index contributed by atoms with van der Waals surface area (Å²) in [4.78, 5) is 17.0. The van der Waals surface area contributed by atoms with E-state index in [0.29, 0.717) is 0 Å². The second-order valence-electron chi connectivity index (χ2n) is 4.29. The van der Waals surface area contributed by atoms with Crippen LogP contribution >= 0.6 is 0 Å². The Hall–Kier alpha value is -1.42. The lowest BCUT2D eigenvalue weighted by molar-refractivity contribution is 0.0696. The molecule has 0 aliphatic rings. The van der Waals surface area contributed by atoms with E-state index in [1.807, 2.05) is 0 Å². The molecule has 0 aliphatic heterocycles. The molecule has 0 bridgehead atoms. The minimum Gasteiger partial charge on any atom is -0.478 e. The third kappa shape index (κ3) is 4.95. The van der Waals surface area contributed by atoms with Crippen LogP contribution in [0.15, 0.2) is 18.3 Å². The largest absolute Gasteiger partial charge is 0.478 e. The Balaban J connectivity index is 2.43. The van der Waals surface area contributed by atoms with Crippen molar-refractivity contribution >= 4 is 5.97 Å². The molecule has 0 aromatic carbocycles. The summed E-state index contributed by atoms with van der Waals surface area (Å²) in [6.07, 6.45) is 5.08. The highest BCUT2D eigenvalue weighted by atomic mass is 16.4. The fraction of sp³-hybridized carbons (Fsp3) is 0.538. The molecule has 4 nitrogen and oxygen atoms in total. The summed E-state index contributed by atoms with van der Waals surface area (Å²) in [6.45, 7) is 4.01. The number of pyridine rings is 1. The molecule has 1 aromatic heterocycles. The van der Waals surface area contributed by atoms with E-state index in [-0.39, 0.29) is 5.56 Å². The van der Waals surface area contributed by atoms with Gasteiger partial charge in [-0.05, 0) is 32.1 Å². The number of carbonyl (C=O) groups is 1. The van der Waals surface area contributed by atoms with E-state index in [0.717, 1.165) is 18.8 Å². The third-order valence-corrected chi connectivity index (χ3v) is 2.65. The van der Waals surface area contributed by atoms with Gasteiger partial charge in [0.15, 0.2) is 0 Å². The second kappa shape index (κ2) is 7.01. The highest BCUT2D eigenvalue weighted by molar-refractivity contribution is 5.87. The molecule has 0 amide bonds. The number of nitrogens with zero attached hydrogens (tertiary/aromatic N) is 2. The van der Waals surface area contributed by atoms with Crippen molar-refractivity contribution in [2.24, 2.45) is 0 Å². The third-order valence-electron chi connectivity index (χ3n) is 2.65. The van der Waals surface area contributed by atoms with Gasteiger partial charge in [0.05, 0.1) is 11.3 Å². The minimum absolute atomic E-state index is 0.238. The van der Waals surface area contributed by atoms with Crippen molar-refractivity contribution in [1.82, 2.24) is 9.88 Å². The highest BCUT2D eigenvalue weighted by Crippen LogP contribution is 2.04. The van der Waals surface area contributed by atoms with Gasteiger partial charge in [-0.15, -0.1) is 0 Å². The van der Waals surface area contributed by atoms with E-state index in [1.165, 1.54) is 25.5 Å². The van der Waals surface area contributed by atoms with Crippen molar-refractivity contribution in [3.05, 3.63) is 29.6 Å². The number of aromatic nitrogens is 1. The van der Waals surface area contributed by atoms with Crippen molar-refractivity contribution < 1.29 is 9.90 Å². The molecule has 0 saturated heterocycles. The first kappa shape index (κ1) is 13.6. The summed E-state index contributed by atoms with van der Waals surface area (Å²) in [5, 5.41) is 8.75. The number of hydrogen-bond donors (Lipinski definition) is 1. The summed E-state index contributed by atoms with van der Waals surface area (Å²) in [7, 11) is 2.06. The van der Waals surface area contributed by atoms with Crippen LogP contribution in [0.2, 0.25) is 0 Å². The molecule has 0 radical (unpaired) electrons. The molecule has 0 spiro atoms. The van der Waals surface area contributed by atoms with Crippen molar-refractivity contribution in [3.8, 4) is 0 Å². The van der Waals surface area contributed by atoms with Crippen molar-refractivity contribution in [2.45, 2.75) is 32.7 Å². The molecule has 0 unspecified atom stereocenters. The van der Waals surface area contributed by atoms with Gasteiger partial charge in [-0.3, -0.25) is 4.98 Å². The molecule has 1 rings (SSSR count). The van der Waals surface area contributed by atoms with Crippen molar-refractivity contribution in [3.63, 3.8) is 0 Å². The molecule has 94 valence electrons. The molecule has 0 aliphatic carbocycles. The Morgan fingerprint density at radius 2 is 2.18 bits per heavy atom. The lowest BCUT2D eigenvalue weighted by atomic mass is 10.2. The average Bonchev–Trinajstić information content (AvgIpc) is 2.30. The van der Waals surface area contributed by atoms with Crippen molar-refractivity contribution in [1.29, 1.82) is 0 Å². The quantitative estimate of drug-likeness (QED) is 0.739. The van der Waals surface area contributed by atoms with Gasteiger partial charge in [-0.2, -0.15) is 0 Å². The maximum absolute atomic E-state index is 10.7. The van der Waals surface area contributed by atoms with E-state index in [9.17, 15) is 4.79 Å². The zero-order chi connectivity index (χ0) is 12.7. The Morgan fingerprint density at radius 3 is 2.71 bits per heavy atom. The summed E-state index contributed by atoms with van der Waals surface area (Å²) in [6, 6.07) is 3.38. The van der Waals surface area contributed by atoms with Crippen LogP contribution in [0.1, 0.15) is 42.2 Å². The van der Waals surface area contributed by atoms with Crippen LogP contribution in [0.5, 0.6) is 0 Å². The molecule has 0 atom stereocenters. The molecular formula is C13H20N2O2. The van der Waals surface area contributed by atoms with Gasteiger partial charge >= 0.3 is 5.97 Å². The van der Waals surface area contributed by atoms with Gasteiger partial charge < -0.3 is 10.0 Å². The first-order valence-electron chi connectivity index (χ1n) is 6.00. The standard InChI is InChI=1S/C13H20N2O2/c1-3-4-5-8-15(2)10-12-7-6-11(9-14-12)13(16)17/h6-7,9H,3-5,8,10H2,1-2H3,(H,16,17). The van der Waals surface area contributed by atoms with Crippen LogP contribution in [0, 0.1) is 0 Å². The first-order valence-corrected chi connectivity index (χ1v) is 6.00. The molecule has 1 aromatic rings. The molecule has 1 N–H and O–H groups in total. The van der Waals surface area contributed by atoms with Gasteiger partial charge in [0, 0.05) is 12.7 Å². The average molecular weight is 236 g/mol. The van der Waals surface area contributed by atoms with Crippen LogP contribution in [-0.4, -0.2) is 34.6 Å². The SMILES string of the molecule is CCCCCN(C)Cc1ccc(C(=O)O)cn1. The number of unbranched alkanes of at least 4 members (excludes halogenated alkanes) is 2. The van der Waals surface area contributed by atoms with E-state index < -0.39 is 5.97 Å². The number of hydrogen-bond acceptors (Lipinski definition) is 3. The highest BCUT2D eigenvalue weighted by Gasteiger charge is 2.04. The normalized spacial score (nSPS) is 10.8. The molecule has 0 saturated carbocycles. The molecule has 4 heteroatoms. The first-order chi connectivity index (χ1) is 8.13. The lowest BCUT2D eigenvalue weighted by Crippen LogP contribution is -2.19. The molecule has 17 heavy (non-hydrogen) atoms. The van der Waals surface area contributed by atoms with Gasteiger partial charge in [-0.1, -0.05) is 19.8 Å². The summed E-state index contributed by atoms with van der Waals surface area (Å²) < 4.78 is 0. The van der Waals surface area contributed by atoms with E-state index in [4.69, 9.17) is 5.11 Å². The Morgan fingerprint density at radius 1 is 1.41 bits per heavy atom. The predicted molar refractivity (Wildman–Crippen MR) is 67.1 cm³/mol. The van der Waals surface area contributed by atoms with Gasteiger partial charge in [0.25, 0.3) is 0 Å². The Bertz CT molecular complexity index is 349. The van der Waals surface area contributed by atoms with Crippen LogP contribution in [0.25, 0.3) is 0 Å². The number of aromatic carboxylic acids is 1. The molecule has 0 fully saturated rings. The zero-order valence-electron chi connectivity index (χ0n) is 10.5. The Kier molecular flexibility index (Phi) is 5.63. The predicted octanol–water partition coefficient (Wildman–Crippen LogP) is 2.40. The smallest absolute Gasteiger partial charge is 0.337 e. The second-order valence-corrected chi connectivity index (χ2v) is 4.29. The van der Waals surface area contributed by atoms with E-state index >= 15 is 0 Å². The maximum atomic E-state index is 10.7. The van der Waals surface area contributed by atoms with E-state index in [1.54, 1.807) is 12.1 Å². The zero-order valence-corrected chi connectivity index (χ0v) is 10.5. The van der Waals surface area contributed by atoms with Crippen LogP contribution in [0.4, 0.5) is 0 Å². The fourth-order valence-electron chi connectivity index (χ4n) is 1.63. The fourth-order valence-corrected chi connectivity index (χ4v) is 1.63. The Labute approximate surface area is 102 Å². The van der Waals surface area contributed by atoms with Gasteiger partial charge in [0.2, 0.25) is 0 Å². The number of carboxylic acid groups (broad SMARTS) is 1. The van der Waals surface area contributed by atoms with E-state index in [2.05, 4.69) is 23.9 Å². The van der Waals surface area contributed by atoms with Crippen LogP contribution in [0.3, 0.4) is 0 Å². The molecule has 1 heterocycles. The van der Waals surface area contributed by atoms with Gasteiger partial charge in [0.1, 0.15) is 0 Å². The van der Waals surface area contributed by atoms with Crippen LogP contribution < -0.4 is 0 Å². The topological polar surface area (TPSA) is 53.4 Å². The number of carboxylic acids is 1. The van der Waals surface area contributed by atoms with Crippen LogP contribution in [-0.2, 0) is 6.54 Å². The van der Waals surface area contributed by atoms with Crippen molar-refractivity contribution in [2.75, 3.05) is 13.6 Å². The van der Waals surface area contributed by atoms with Gasteiger partial charge in [-0.25, -0.2) is 4.79 Å². The number of rotatable bonds is 7. The minimum atomic E-state index is -0.930. The summed E-state index contributed by atoms with van der Waals surface area (Å²) >= 11 is 0. The lowest BCUT2D eigenvalue weighted by Gasteiger charge is -2.15. The maximum Gasteiger partial charge on any atom is 0.337 e. The monoisotopic (exact) mass is 236 g/mol. The summed E-state index contributed by atoms with van der Waals surface area (Å²) in [5.41, 5.74) is 1.15. The molecular weight excluding hydrogens is 216 g/mol.